The number of hydrogen-bond donors (Lipinski definition) is 1. The summed E-state index contributed by atoms with van der Waals surface area (Å²) in [5.41, 5.74) is 0.389. The van der Waals surface area contributed by atoms with Gasteiger partial charge >= 0.3 is 6.03 Å². The molecule has 0 aliphatic carbocycles. The van der Waals surface area contributed by atoms with Crippen LogP contribution in [0.1, 0.15) is 24.5 Å². The van der Waals surface area contributed by atoms with Gasteiger partial charge in [-0.2, -0.15) is 0 Å². The normalized spacial score (nSPS) is 21.4. The van der Waals surface area contributed by atoms with Gasteiger partial charge in [0, 0.05) is 32.7 Å². The molecule has 4 rings (SSSR count). The van der Waals surface area contributed by atoms with Crippen molar-refractivity contribution < 1.29 is 23.5 Å². The number of ether oxygens (including phenoxy) is 1. The number of urea groups is 1. The second kappa shape index (κ2) is 9.80. The van der Waals surface area contributed by atoms with Gasteiger partial charge in [0.15, 0.2) is 0 Å². The van der Waals surface area contributed by atoms with E-state index in [-0.39, 0.29) is 18.3 Å². The van der Waals surface area contributed by atoms with E-state index < -0.39 is 17.5 Å². The lowest BCUT2D eigenvalue weighted by Crippen LogP contribution is -2.45. The Morgan fingerprint density at radius 3 is 2.41 bits per heavy atom. The van der Waals surface area contributed by atoms with Crippen LogP contribution in [0.4, 0.5) is 9.18 Å². The Morgan fingerprint density at radius 1 is 1.03 bits per heavy atom. The molecule has 0 saturated carbocycles. The lowest BCUT2D eigenvalue weighted by atomic mass is 9.92. The monoisotopic (exact) mass is 468 g/mol. The molecule has 4 amide bonds. The minimum Gasteiger partial charge on any atom is -0.497 e. The maximum Gasteiger partial charge on any atom is 0.325 e. The van der Waals surface area contributed by atoms with E-state index in [9.17, 15) is 18.8 Å². The lowest BCUT2D eigenvalue weighted by molar-refractivity contribution is -0.138. The van der Waals surface area contributed by atoms with Crippen molar-refractivity contribution in [2.45, 2.75) is 25.4 Å². The maximum atomic E-state index is 13.2. The Morgan fingerprint density at radius 2 is 1.74 bits per heavy atom. The first-order chi connectivity index (χ1) is 16.3. The summed E-state index contributed by atoms with van der Waals surface area (Å²) in [6.07, 6.45) is 0.774. The molecule has 1 atom stereocenters. The lowest BCUT2D eigenvalue weighted by Gasteiger charge is -2.25. The van der Waals surface area contributed by atoms with E-state index in [0.717, 1.165) is 23.4 Å². The molecule has 2 saturated heterocycles. The molecule has 0 bridgehead atoms. The number of carbonyl (C=O) groups is 3. The van der Waals surface area contributed by atoms with Crippen LogP contribution in [0.2, 0.25) is 0 Å². The number of imide groups is 1. The summed E-state index contributed by atoms with van der Waals surface area (Å²) in [6, 6.07) is 12.7. The van der Waals surface area contributed by atoms with Crippen LogP contribution in [0.3, 0.4) is 0 Å². The Labute approximate surface area is 198 Å². The third-order valence-corrected chi connectivity index (χ3v) is 6.50. The summed E-state index contributed by atoms with van der Waals surface area (Å²) in [5.74, 6) is -0.333. The van der Waals surface area contributed by atoms with E-state index in [2.05, 4.69) is 10.2 Å². The number of halogens is 1. The second-order valence-corrected chi connectivity index (χ2v) is 8.81. The molecule has 2 fully saturated rings. The highest BCUT2D eigenvalue weighted by Crippen LogP contribution is 2.30. The molecular formula is C25H29FN4O4. The summed E-state index contributed by atoms with van der Waals surface area (Å²) in [5, 5.41) is 2.73. The average Bonchev–Trinajstić information content (AvgIpc) is 2.99. The molecule has 2 aliphatic heterocycles. The molecule has 0 radical (unpaired) electrons. The van der Waals surface area contributed by atoms with Crippen molar-refractivity contribution in [1.82, 2.24) is 20.0 Å². The van der Waals surface area contributed by atoms with Crippen molar-refractivity contribution in [2.24, 2.45) is 0 Å². The van der Waals surface area contributed by atoms with E-state index in [0.29, 0.717) is 37.5 Å². The first-order valence-corrected chi connectivity index (χ1v) is 11.3. The van der Waals surface area contributed by atoms with Crippen molar-refractivity contribution in [3.05, 3.63) is 65.5 Å². The molecule has 2 aromatic rings. The van der Waals surface area contributed by atoms with Gasteiger partial charge < -0.3 is 15.0 Å². The molecule has 8 nitrogen and oxygen atoms in total. The van der Waals surface area contributed by atoms with Gasteiger partial charge in [-0.25, -0.2) is 9.18 Å². The smallest absolute Gasteiger partial charge is 0.325 e. The molecule has 34 heavy (non-hydrogen) atoms. The third-order valence-electron chi connectivity index (χ3n) is 6.50. The van der Waals surface area contributed by atoms with Gasteiger partial charge in [0.2, 0.25) is 5.91 Å². The zero-order valence-electron chi connectivity index (χ0n) is 19.4. The fraction of sp³-hybridized carbons (Fsp3) is 0.400. The van der Waals surface area contributed by atoms with Crippen molar-refractivity contribution in [3.63, 3.8) is 0 Å². The van der Waals surface area contributed by atoms with Crippen LogP contribution in [-0.4, -0.2) is 72.4 Å². The number of benzene rings is 2. The SMILES string of the molecule is COc1ccc(C2(C)NC(=O)N(CC(=O)N3CCCN(Cc4ccc(F)cc4)CC3)C2=O)cc1. The molecule has 0 spiro atoms. The van der Waals surface area contributed by atoms with Crippen molar-refractivity contribution >= 4 is 17.8 Å². The van der Waals surface area contributed by atoms with Gasteiger partial charge in [0.25, 0.3) is 5.91 Å². The quantitative estimate of drug-likeness (QED) is 0.659. The molecule has 2 aliphatic rings. The van der Waals surface area contributed by atoms with Gasteiger partial charge in [-0.3, -0.25) is 19.4 Å². The van der Waals surface area contributed by atoms with Crippen LogP contribution in [-0.2, 0) is 21.7 Å². The summed E-state index contributed by atoms with van der Waals surface area (Å²) in [7, 11) is 1.55. The van der Waals surface area contributed by atoms with Crippen molar-refractivity contribution in [3.8, 4) is 5.75 Å². The predicted molar refractivity (Wildman–Crippen MR) is 123 cm³/mol. The highest BCUT2D eigenvalue weighted by atomic mass is 19.1. The van der Waals surface area contributed by atoms with Crippen LogP contribution < -0.4 is 10.1 Å². The largest absolute Gasteiger partial charge is 0.497 e. The molecule has 9 heteroatoms. The van der Waals surface area contributed by atoms with Crippen molar-refractivity contribution in [1.29, 1.82) is 0 Å². The molecule has 180 valence electrons. The summed E-state index contributed by atoms with van der Waals surface area (Å²) in [6.45, 7) is 4.53. The van der Waals surface area contributed by atoms with Gasteiger partial charge in [0.05, 0.1) is 7.11 Å². The van der Waals surface area contributed by atoms with Crippen LogP contribution in [0, 0.1) is 5.82 Å². The van der Waals surface area contributed by atoms with Gasteiger partial charge in [-0.05, 0) is 48.7 Å². The van der Waals surface area contributed by atoms with E-state index in [4.69, 9.17) is 4.74 Å². The Balaban J connectivity index is 1.36. The topological polar surface area (TPSA) is 82.2 Å². The molecule has 0 aromatic heterocycles. The number of amides is 4. The van der Waals surface area contributed by atoms with Crippen LogP contribution in [0.15, 0.2) is 48.5 Å². The minimum atomic E-state index is -1.24. The Kier molecular flexibility index (Phi) is 6.83. The fourth-order valence-electron chi connectivity index (χ4n) is 4.42. The highest BCUT2D eigenvalue weighted by Gasteiger charge is 2.49. The predicted octanol–water partition coefficient (Wildman–Crippen LogP) is 2.34. The molecule has 2 aromatic carbocycles. The zero-order chi connectivity index (χ0) is 24.3. The first-order valence-electron chi connectivity index (χ1n) is 11.3. The van der Waals surface area contributed by atoms with E-state index in [1.165, 1.54) is 12.1 Å². The van der Waals surface area contributed by atoms with E-state index >= 15 is 0 Å². The van der Waals surface area contributed by atoms with Gasteiger partial charge in [-0.1, -0.05) is 24.3 Å². The minimum absolute atomic E-state index is 0.258. The Bertz CT molecular complexity index is 1060. The number of carbonyl (C=O) groups excluding carboxylic acids is 3. The van der Waals surface area contributed by atoms with Gasteiger partial charge in [-0.15, -0.1) is 0 Å². The standard InChI is InChI=1S/C25H29FN4O4/c1-25(19-6-10-21(34-2)11-7-19)23(32)30(24(33)27-25)17-22(31)29-13-3-12-28(14-15-29)16-18-4-8-20(26)9-5-18/h4-11H,3,12-17H2,1-2H3,(H,27,33). The summed E-state index contributed by atoms with van der Waals surface area (Å²) < 4.78 is 18.3. The third kappa shape index (κ3) is 4.89. The van der Waals surface area contributed by atoms with Crippen LogP contribution >= 0.6 is 0 Å². The van der Waals surface area contributed by atoms with Crippen LogP contribution in [0.25, 0.3) is 0 Å². The fourth-order valence-corrected chi connectivity index (χ4v) is 4.42. The van der Waals surface area contributed by atoms with Gasteiger partial charge in [0.1, 0.15) is 23.7 Å². The zero-order valence-corrected chi connectivity index (χ0v) is 19.4. The highest BCUT2D eigenvalue weighted by molar-refractivity contribution is 6.09. The Hall–Kier alpha value is -3.46. The van der Waals surface area contributed by atoms with E-state index in [1.807, 2.05) is 0 Å². The number of methoxy groups -OCH3 is 1. The number of nitrogens with zero attached hydrogens (tertiary/aromatic N) is 3. The van der Waals surface area contributed by atoms with Crippen LogP contribution in [0.5, 0.6) is 5.75 Å². The number of nitrogens with one attached hydrogen (secondary N) is 1. The molecular weight excluding hydrogens is 439 g/mol. The first kappa shape index (κ1) is 23.7. The molecule has 1 N–H and O–H groups in total. The average molecular weight is 469 g/mol. The summed E-state index contributed by atoms with van der Waals surface area (Å²) >= 11 is 0. The second-order valence-electron chi connectivity index (χ2n) is 8.81. The number of rotatable bonds is 6. The van der Waals surface area contributed by atoms with Crippen molar-refractivity contribution in [2.75, 3.05) is 39.8 Å². The summed E-state index contributed by atoms with van der Waals surface area (Å²) in [4.78, 5) is 43.7. The number of hydrogen-bond acceptors (Lipinski definition) is 5. The van der Waals surface area contributed by atoms with E-state index in [1.54, 1.807) is 55.3 Å². The molecule has 2 heterocycles. The molecule has 1 unspecified atom stereocenters. The maximum absolute atomic E-state index is 13.2.